The molecule has 4 nitrogen and oxygen atoms in total. The molecule has 0 unspecified atom stereocenters. The second-order valence-corrected chi connectivity index (χ2v) is 4.08. The predicted molar refractivity (Wildman–Crippen MR) is 71.7 cm³/mol. The van der Waals surface area contributed by atoms with Crippen LogP contribution in [0.15, 0.2) is 48.5 Å². The Hall–Kier alpha value is -2.43. The van der Waals surface area contributed by atoms with Gasteiger partial charge in [-0.1, -0.05) is 30.3 Å². The van der Waals surface area contributed by atoms with Crippen molar-refractivity contribution in [2.45, 2.75) is 6.42 Å². The van der Waals surface area contributed by atoms with E-state index in [-0.39, 0.29) is 11.4 Å². The van der Waals surface area contributed by atoms with Crippen molar-refractivity contribution in [3.8, 4) is 0 Å². The highest BCUT2D eigenvalue weighted by Gasteiger charge is 2.13. The van der Waals surface area contributed by atoms with E-state index in [1.54, 1.807) is 0 Å². The van der Waals surface area contributed by atoms with E-state index in [2.05, 4.69) is 5.32 Å². The fraction of sp³-hybridized carbons (Fsp3) is 0.143. The second-order valence-electron chi connectivity index (χ2n) is 4.08. The van der Waals surface area contributed by atoms with Crippen LogP contribution in [0.25, 0.3) is 0 Å². The Kier molecular flexibility index (Phi) is 4.07. The summed E-state index contributed by atoms with van der Waals surface area (Å²) in [5, 5.41) is 13.7. The zero-order valence-corrected chi connectivity index (χ0v) is 10.2. The highest BCUT2D eigenvalue weighted by Crippen LogP contribution is 2.24. The molecule has 0 aromatic heterocycles. The number of nitro groups is 1. The first-order valence-electron chi connectivity index (χ1n) is 5.88. The van der Waals surface area contributed by atoms with E-state index >= 15 is 0 Å². The number of anilines is 1. The molecule has 2 aromatic rings. The van der Waals surface area contributed by atoms with Gasteiger partial charge in [-0.3, -0.25) is 10.1 Å². The number of benzene rings is 2. The summed E-state index contributed by atoms with van der Waals surface area (Å²) in [6, 6.07) is 13.1. The van der Waals surface area contributed by atoms with Gasteiger partial charge in [0.15, 0.2) is 0 Å². The van der Waals surface area contributed by atoms with Gasteiger partial charge >= 0.3 is 0 Å². The van der Waals surface area contributed by atoms with Gasteiger partial charge in [0.2, 0.25) is 0 Å². The molecule has 0 aliphatic rings. The molecule has 1 N–H and O–H groups in total. The minimum Gasteiger partial charge on any atom is -0.379 e. The van der Waals surface area contributed by atoms with Gasteiger partial charge in [0.1, 0.15) is 11.5 Å². The Morgan fingerprint density at radius 2 is 1.89 bits per heavy atom. The van der Waals surface area contributed by atoms with E-state index < -0.39 is 10.7 Å². The summed E-state index contributed by atoms with van der Waals surface area (Å²) in [6.07, 6.45) is 0.717. The van der Waals surface area contributed by atoms with Crippen molar-refractivity contribution >= 4 is 11.4 Å². The van der Waals surface area contributed by atoms with Crippen LogP contribution in [0.1, 0.15) is 5.56 Å². The van der Waals surface area contributed by atoms with Crippen molar-refractivity contribution in [2.24, 2.45) is 0 Å². The third kappa shape index (κ3) is 3.51. The molecule has 0 aliphatic heterocycles. The largest absolute Gasteiger partial charge is 0.379 e. The molecule has 0 spiro atoms. The van der Waals surface area contributed by atoms with Crippen molar-refractivity contribution in [1.29, 1.82) is 0 Å². The van der Waals surface area contributed by atoms with E-state index in [0.717, 1.165) is 17.7 Å². The number of halogens is 1. The van der Waals surface area contributed by atoms with Gasteiger partial charge in [0.25, 0.3) is 5.69 Å². The highest BCUT2D eigenvalue weighted by atomic mass is 19.1. The summed E-state index contributed by atoms with van der Waals surface area (Å²) in [5.74, 6) is -0.493. The Balaban J connectivity index is 2.03. The number of hydrogen-bond donors (Lipinski definition) is 1. The van der Waals surface area contributed by atoms with Crippen LogP contribution in [0.5, 0.6) is 0 Å². The highest BCUT2D eigenvalue weighted by molar-refractivity contribution is 5.61. The smallest absolute Gasteiger partial charge is 0.292 e. The fourth-order valence-electron chi connectivity index (χ4n) is 1.80. The molecule has 0 atom stereocenters. The molecule has 19 heavy (non-hydrogen) atoms. The summed E-state index contributed by atoms with van der Waals surface area (Å²) in [4.78, 5) is 10.3. The molecule has 5 heteroatoms. The minimum absolute atomic E-state index is 0.116. The van der Waals surface area contributed by atoms with Gasteiger partial charge in [-0.2, -0.15) is 0 Å². The second kappa shape index (κ2) is 5.95. The number of rotatable bonds is 5. The van der Waals surface area contributed by atoms with Gasteiger partial charge in [-0.25, -0.2) is 4.39 Å². The molecule has 0 aliphatic carbocycles. The SMILES string of the molecule is O=[N+]([O-])c1ccc(F)cc1NCCc1ccccc1. The van der Waals surface area contributed by atoms with E-state index in [1.807, 2.05) is 30.3 Å². The monoisotopic (exact) mass is 260 g/mol. The molecule has 0 radical (unpaired) electrons. The summed E-state index contributed by atoms with van der Waals surface area (Å²) >= 11 is 0. The first kappa shape index (κ1) is 13.0. The van der Waals surface area contributed by atoms with Crippen LogP contribution < -0.4 is 5.32 Å². The Bertz CT molecular complexity index is 573. The quantitative estimate of drug-likeness (QED) is 0.662. The molecule has 0 fully saturated rings. The molecule has 2 rings (SSSR count). The number of hydrogen-bond acceptors (Lipinski definition) is 3. The standard InChI is InChI=1S/C14H13FN2O2/c15-12-6-7-14(17(18)19)13(10-12)16-9-8-11-4-2-1-3-5-11/h1-7,10,16H,8-9H2. The van der Waals surface area contributed by atoms with E-state index in [0.29, 0.717) is 13.0 Å². The average Bonchev–Trinajstić information content (AvgIpc) is 2.39. The van der Waals surface area contributed by atoms with Crippen LogP contribution in [0.3, 0.4) is 0 Å². The van der Waals surface area contributed by atoms with Crippen LogP contribution in [0, 0.1) is 15.9 Å². The predicted octanol–water partition coefficient (Wildman–Crippen LogP) is 3.39. The van der Waals surface area contributed by atoms with E-state index in [9.17, 15) is 14.5 Å². The Morgan fingerprint density at radius 1 is 1.16 bits per heavy atom. The van der Waals surface area contributed by atoms with Gasteiger partial charge in [0, 0.05) is 18.7 Å². The third-order valence-electron chi connectivity index (χ3n) is 2.73. The van der Waals surface area contributed by atoms with Gasteiger partial charge < -0.3 is 5.32 Å². The maximum Gasteiger partial charge on any atom is 0.292 e. The lowest BCUT2D eigenvalue weighted by molar-refractivity contribution is -0.384. The third-order valence-corrected chi connectivity index (χ3v) is 2.73. The van der Waals surface area contributed by atoms with Crippen LogP contribution in [0.2, 0.25) is 0 Å². The van der Waals surface area contributed by atoms with Crippen molar-refractivity contribution in [3.63, 3.8) is 0 Å². The van der Waals surface area contributed by atoms with Crippen molar-refractivity contribution in [3.05, 3.63) is 70.0 Å². The lowest BCUT2D eigenvalue weighted by atomic mass is 10.1. The molecule has 0 heterocycles. The molecular formula is C14H13FN2O2. The zero-order chi connectivity index (χ0) is 13.7. The fourth-order valence-corrected chi connectivity index (χ4v) is 1.80. The molecule has 0 amide bonds. The molecular weight excluding hydrogens is 247 g/mol. The Labute approximate surface area is 110 Å². The Morgan fingerprint density at radius 3 is 2.58 bits per heavy atom. The number of nitrogens with one attached hydrogen (secondary N) is 1. The number of nitro benzene ring substituents is 1. The number of nitrogens with zero attached hydrogens (tertiary/aromatic N) is 1. The summed E-state index contributed by atoms with van der Waals surface area (Å²) in [5.41, 5.74) is 1.21. The van der Waals surface area contributed by atoms with Gasteiger partial charge in [-0.05, 0) is 18.1 Å². The van der Waals surface area contributed by atoms with Gasteiger partial charge in [0.05, 0.1) is 4.92 Å². The van der Waals surface area contributed by atoms with Gasteiger partial charge in [-0.15, -0.1) is 0 Å². The topological polar surface area (TPSA) is 55.2 Å². The maximum atomic E-state index is 13.1. The van der Waals surface area contributed by atoms with Crippen LogP contribution in [0.4, 0.5) is 15.8 Å². The van der Waals surface area contributed by atoms with Crippen molar-refractivity contribution < 1.29 is 9.31 Å². The van der Waals surface area contributed by atoms with Crippen LogP contribution >= 0.6 is 0 Å². The lowest BCUT2D eigenvalue weighted by Gasteiger charge is -2.07. The van der Waals surface area contributed by atoms with E-state index in [4.69, 9.17) is 0 Å². The lowest BCUT2D eigenvalue weighted by Crippen LogP contribution is -2.07. The summed E-state index contributed by atoms with van der Waals surface area (Å²) in [7, 11) is 0. The minimum atomic E-state index is -0.524. The molecule has 98 valence electrons. The normalized spacial score (nSPS) is 10.2. The van der Waals surface area contributed by atoms with Crippen molar-refractivity contribution in [1.82, 2.24) is 0 Å². The molecule has 2 aromatic carbocycles. The first-order chi connectivity index (χ1) is 9.16. The molecule has 0 bridgehead atoms. The zero-order valence-electron chi connectivity index (χ0n) is 10.2. The first-order valence-corrected chi connectivity index (χ1v) is 5.88. The molecule has 0 saturated heterocycles. The molecule has 0 saturated carbocycles. The van der Waals surface area contributed by atoms with Crippen LogP contribution in [-0.2, 0) is 6.42 Å². The van der Waals surface area contributed by atoms with E-state index in [1.165, 1.54) is 6.07 Å². The summed E-state index contributed by atoms with van der Waals surface area (Å²) < 4.78 is 13.1. The average molecular weight is 260 g/mol. The maximum absolute atomic E-state index is 13.1. The van der Waals surface area contributed by atoms with Crippen molar-refractivity contribution in [2.75, 3.05) is 11.9 Å². The van der Waals surface area contributed by atoms with Crippen LogP contribution in [-0.4, -0.2) is 11.5 Å². The summed E-state index contributed by atoms with van der Waals surface area (Å²) in [6.45, 7) is 0.508.